The number of anilines is 1. The number of hydrogen-bond donors (Lipinski definition) is 1. The van der Waals surface area contributed by atoms with Gasteiger partial charge in [0.15, 0.2) is 5.78 Å². The maximum Gasteiger partial charge on any atom is 0.255 e. The third kappa shape index (κ3) is 4.30. The van der Waals surface area contributed by atoms with Gasteiger partial charge in [-0.15, -0.1) is 0 Å². The maximum absolute atomic E-state index is 13.6. The van der Waals surface area contributed by atoms with Crippen molar-refractivity contribution in [2.75, 3.05) is 5.32 Å². The fourth-order valence-electron chi connectivity index (χ4n) is 2.38. The summed E-state index contributed by atoms with van der Waals surface area (Å²) in [6, 6.07) is 21.7. The number of rotatable bonds is 5. The molecule has 3 nitrogen and oxygen atoms in total. The number of carbonyl (C=O) groups is 2. The van der Waals surface area contributed by atoms with E-state index in [1.54, 1.807) is 66.7 Å². The lowest BCUT2D eigenvalue weighted by Crippen LogP contribution is -2.11. The Morgan fingerprint density at radius 3 is 2.12 bits per heavy atom. The van der Waals surface area contributed by atoms with Gasteiger partial charge in [-0.25, -0.2) is 4.39 Å². The predicted molar refractivity (Wildman–Crippen MR) is 101 cm³/mol. The van der Waals surface area contributed by atoms with Crippen LogP contribution in [0.1, 0.15) is 26.3 Å². The average molecular weight is 345 g/mol. The molecule has 1 amide bonds. The van der Waals surface area contributed by atoms with Crippen molar-refractivity contribution in [1.82, 2.24) is 0 Å². The van der Waals surface area contributed by atoms with Crippen LogP contribution in [0, 0.1) is 5.82 Å². The van der Waals surface area contributed by atoms with Gasteiger partial charge in [0.05, 0.1) is 0 Å². The summed E-state index contributed by atoms with van der Waals surface area (Å²) < 4.78 is 13.6. The van der Waals surface area contributed by atoms with E-state index in [1.807, 2.05) is 6.07 Å². The lowest BCUT2D eigenvalue weighted by atomic mass is 10.1. The third-order valence-corrected chi connectivity index (χ3v) is 3.78. The highest BCUT2D eigenvalue weighted by Crippen LogP contribution is 2.14. The Kier molecular flexibility index (Phi) is 5.34. The van der Waals surface area contributed by atoms with E-state index in [-0.39, 0.29) is 17.5 Å². The van der Waals surface area contributed by atoms with Gasteiger partial charge in [-0.05, 0) is 54.6 Å². The Bertz CT molecular complexity index is 947. The number of nitrogens with one attached hydrogen (secondary N) is 1. The molecule has 0 aliphatic carbocycles. The minimum atomic E-state index is -0.379. The summed E-state index contributed by atoms with van der Waals surface area (Å²) in [7, 11) is 0. The number of benzene rings is 3. The van der Waals surface area contributed by atoms with Crippen LogP contribution in [-0.2, 0) is 0 Å². The number of halogens is 1. The molecule has 3 rings (SSSR count). The summed E-state index contributed by atoms with van der Waals surface area (Å²) >= 11 is 0. The second-order valence-corrected chi connectivity index (χ2v) is 5.62. The van der Waals surface area contributed by atoms with E-state index in [0.29, 0.717) is 22.4 Å². The summed E-state index contributed by atoms with van der Waals surface area (Å²) in [6.45, 7) is 0. The number of allylic oxidation sites excluding steroid dienone is 1. The highest BCUT2D eigenvalue weighted by atomic mass is 19.1. The molecule has 26 heavy (non-hydrogen) atoms. The van der Waals surface area contributed by atoms with E-state index in [2.05, 4.69) is 5.32 Å². The van der Waals surface area contributed by atoms with E-state index in [9.17, 15) is 14.0 Å². The summed E-state index contributed by atoms with van der Waals surface area (Å²) in [5.41, 5.74) is 1.96. The fraction of sp³-hybridized carbons (Fsp3) is 0. The smallest absolute Gasteiger partial charge is 0.255 e. The molecule has 0 aliphatic rings. The van der Waals surface area contributed by atoms with Crippen molar-refractivity contribution in [2.45, 2.75) is 0 Å². The Labute approximate surface area is 150 Å². The van der Waals surface area contributed by atoms with Crippen LogP contribution in [0.25, 0.3) is 6.08 Å². The Hall–Kier alpha value is -3.53. The van der Waals surface area contributed by atoms with Gasteiger partial charge in [0.2, 0.25) is 0 Å². The monoisotopic (exact) mass is 345 g/mol. The SMILES string of the molecule is O=C(/C=C/c1ccccc1F)c1ccc(NC(=O)c2ccccc2)cc1. The number of amides is 1. The molecular weight excluding hydrogens is 329 g/mol. The van der Waals surface area contributed by atoms with Gasteiger partial charge >= 0.3 is 0 Å². The zero-order chi connectivity index (χ0) is 18.4. The minimum absolute atomic E-state index is 0.218. The van der Waals surface area contributed by atoms with Gasteiger partial charge in [0.25, 0.3) is 5.91 Å². The van der Waals surface area contributed by atoms with Crippen molar-refractivity contribution in [3.8, 4) is 0 Å². The largest absolute Gasteiger partial charge is 0.322 e. The molecule has 1 N–H and O–H groups in total. The zero-order valence-corrected chi connectivity index (χ0v) is 13.9. The second-order valence-electron chi connectivity index (χ2n) is 5.62. The summed E-state index contributed by atoms with van der Waals surface area (Å²) in [6.07, 6.45) is 2.78. The van der Waals surface area contributed by atoms with E-state index in [0.717, 1.165) is 0 Å². The first kappa shape index (κ1) is 17.3. The highest BCUT2D eigenvalue weighted by molar-refractivity contribution is 6.07. The van der Waals surface area contributed by atoms with Crippen LogP contribution < -0.4 is 5.32 Å². The van der Waals surface area contributed by atoms with Crippen LogP contribution >= 0.6 is 0 Å². The van der Waals surface area contributed by atoms with E-state index >= 15 is 0 Å². The van der Waals surface area contributed by atoms with Crippen molar-refractivity contribution >= 4 is 23.5 Å². The van der Waals surface area contributed by atoms with Gasteiger partial charge in [0.1, 0.15) is 5.82 Å². The van der Waals surface area contributed by atoms with Crippen molar-refractivity contribution in [3.05, 3.63) is 107 Å². The van der Waals surface area contributed by atoms with E-state index in [1.165, 1.54) is 18.2 Å². The van der Waals surface area contributed by atoms with Gasteiger partial charge in [-0.1, -0.05) is 36.4 Å². The molecule has 0 aliphatic heterocycles. The Balaban J connectivity index is 1.66. The molecule has 4 heteroatoms. The summed E-state index contributed by atoms with van der Waals surface area (Å²) in [5, 5.41) is 2.77. The molecule has 0 spiro atoms. The Morgan fingerprint density at radius 1 is 0.769 bits per heavy atom. The van der Waals surface area contributed by atoms with Crippen molar-refractivity contribution in [1.29, 1.82) is 0 Å². The van der Waals surface area contributed by atoms with Crippen molar-refractivity contribution in [2.24, 2.45) is 0 Å². The zero-order valence-electron chi connectivity index (χ0n) is 13.9. The molecule has 0 bridgehead atoms. The highest BCUT2D eigenvalue weighted by Gasteiger charge is 2.07. The first-order chi connectivity index (χ1) is 12.6. The van der Waals surface area contributed by atoms with Crippen LogP contribution in [0.3, 0.4) is 0 Å². The normalized spacial score (nSPS) is 10.7. The van der Waals surface area contributed by atoms with Crippen LogP contribution in [0.2, 0.25) is 0 Å². The van der Waals surface area contributed by atoms with Gasteiger partial charge in [-0.3, -0.25) is 9.59 Å². The fourth-order valence-corrected chi connectivity index (χ4v) is 2.38. The lowest BCUT2D eigenvalue weighted by molar-refractivity contribution is 0.102. The van der Waals surface area contributed by atoms with Crippen LogP contribution in [0.5, 0.6) is 0 Å². The maximum atomic E-state index is 13.6. The van der Waals surface area contributed by atoms with Crippen molar-refractivity contribution in [3.63, 3.8) is 0 Å². The molecule has 0 saturated heterocycles. The molecule has 3 aromatic rings. The molecule has 0 radical (unpaired) electrons. The second kappa shape index (κ2) is 8.03. The molecular formula is C22H16FNO2. The quantitative estimate of drug-likeness (QED) is 0.524. The van der Waals surface area contributed by atoms with Crippen LogP contribution in [-0.4, -0.2) is 11.7 Å². The number of carbonyl (C=O) groups excluding carboxylic acids is 2. The van der Waals surface area contributed by atoms with Crippen molar-refractivity contribution < 1.29 is 14.0 Å². The first-order valence-corrected chi connectivity index (χ1v) is 8.07. The molecule has 3 aromatic carbocycles. The Morgan fingerprint density at radius 2 is 1.42 bits per heavy atom. The first-order valence-electron chi connectivity index (χ1n) is 8.07. The number of ketones is 1. The average Bonchev–Trinajstić information content (AvgIpc) is 2.68. The van der Waals surface area contributed by atoms with E-state index in [4.69, 9.17) is 0 Å². The molecule has 0 aromatic heterocycles. The predicted octanol–water partition coefficient (Wildman–Crippen LogP) is 4.97. The van der Waals surface area contributed by atoms with Gasteiger partial charge in [-0.2, -0.15) is 0 Å². The summed E-state index contributed by atoms with van der Waals surface area (Å²) in [5.74, 6) is -0.839. The third-order valence-electron chi connectivity index (χ3n) is 3.78. The summed E-state index contributed by atoms with van der Waals surface area (Å²) in [4.78, 5) is 24.3. The van der Waals surface area contributed by atoms with Gasteiger partial charge in [0, 0.05) is 22.4 Å². The van der Waals surface area contributed by atoms with E-state index < -0.39 is 0 Å². The molecule has 0 atom stereocenters. The lowest BCUT2D eigenvalue weighted by Gasteiger charge is -2.05. The van der Waals surface area contributed by atoms with Gasteiger partial charge < -0.3 is 5.32 Å². The van der Waals surface area contributed by atoms with Crippen LogP contribution in [0.15, 0.2) is 84.9 Å². The van der Waals surface area contributed by atoms with Crippen LogP contribution in [0.4, 0.5) is 10.1 Å². The molecule has 0 fully saturated rings. The standard InChI is InChI=1S/C22H16FNO2/c23-20-9-5-4-6-16(20)12-15-21(25)17-10-13-19(14-11-17)24-22(26)18-7-2-1-3-8-18/h1-15H,(H,24,26)/b15-12+. The topological polar surface area (TPSA) is 46.2 Å². The molecule has 0 heterocycles. The molecule has 0 unspecified atom stereocenters. The molecule has 0 saturated carbocycles. The number of hydrogen-bond acceptors (Lipinski definition) is 2. The minimum Gasteiger partial charge on any atom is -0.322 e. The molecule has 128 valence electrons.